The molecule has 1 aromatic heterocycles. The van der Waals surface area contributed by atoms with E-state index in [4.69, 9.17) is 5.73 Å². The monoisotopic (exact) mass is 176 g/mol. The number of pyridine rings is 1. The minimum atomic E-state index is 0.635. The first kappa shape index (κ1) is 8.70. The molecule has 2 nitrogen and oxygen atoms in total. The molecule has 13 heavy (non-hydrogen) atoms. The minimum absolute atomic E-state index is 0.635. The van der Waals surface area contributed by atoms with Crippen LogP contribution in [0.1, 0.15) is 35.2 Å². The topological polar surface area (TPSA) is 38.9 Å². The van der Waals surface area contributed by atoms with E-state index in [1.807, 2.05) is 6.20 Å². The fraction of sp³-hybridized carbons (Fsp3) is 0.545. The van der Waals surface area contributed by atoms with Gasteiger partial charge >= 0.3 is 0 Å². The van der Waals surface area contributed by atoms with Gasteiger partial charge in [-0.25, -0.2) is 0 Å². The van der Waals surface area contributed by atoms with Crippen molar-refractivity contribution in [1.29, 1.82) is 0 Å². The molecule has 0 saturated carbocycles. The highest BCUT2D eigenvalue weighted by Gasteiger charge is 2.14. The third-order valence-electron chi connectivity index (χ3n) is 2.93. The molecule has 0 aromatic carbocycles. The van der Waals surface area contributed by atoms with Gasteiger partial charge in [0.2, 0.25) is 0 Å². The third-order valence-corrected chi connectivity index (χ3v) is 2.93. The average Bonchev–Trinajstić information content (AvgIpc) is 2.19. The standard InChI is InChI=1S/C11H16N2/c1-8-10-4-2-3-5-11(10)9(6-12)7-13-8/h7H,2-6,12H2,1H3. The predicted octanol–water partition coefficient (Wildman–Crippen LogP) is 1.73. The second kappa shape index (κ2) is 3.46. The Kier molecular flexibility index (Phi) is 2.32. The number of rotatable bonds is 1. The molecule has 1 aromatic rings. The van der Waals surface area contributed by atoms with Crippen LogP contribution in [0.2, 0.25) is 0 Å². The van der Waals surface area contributed by atoms with E-state index in [0.29, 0.717) is 6.54 Å². The van der Waals surface area contributed by atoms with Crippen LogP contribution in [0.4, 0.5) is 0 Å². The predicted molar refractivity (Wildman–Crippen MR) is 53.5 cm³/mol. The van der Waals surface area contributed by atoms with E-state index in [-0.39, 0.29) is 0 Å². The summed E-state index contributed by atoms with van der Waals surface area (Å²) in [7, 11) is 0. The van der Waals surface area contributed by atoms with Gasteiger partial charge in [0.05, 0.1) is 0 Å². The summed E-state index contributed by atoms with van der Waals surface area (Å²) in [5, 5.41) is 0. The van der Waals surface area contributed by atoms with Crippen LogP contribution in [-0.4, -0.2) is 4.98 Å². The van der Waals surface area contributed by atoms with Crippen molar-refractivity contribution >= 4 is 0 Å². The van der Waals surface area contributed by atoms with Gasteiger partial charge in [0.15, 0.2) is 0 Å². The Labute approximate surface area is 79.2 Å². The van der Waals surface area contributed by atoms with Crippen molar-refractivity contribution in [1.82, 2.24) is 4.98 Å². The molecule has 0 bridgehead atoms. The summed E-state index contributed by atoms with van der Waals surface area (Å²) in [6.45, 7) is 2.74. The van der Waals surface area contributed by atoms with E-state index in [2.05, 4.69) is 11.9 Å². The van der Waals surface area contributed by atoms with Crippen molar-refractivity contribution in [2.24, 2.45) is 5.73 Å². The van der Waals surface area contributed by atoms with Gasteiger partial charge < -0.3 is 5.73 Å². The van der Waals surface area contributed by atoms with Gasteiger partial charge in [-0.3, -0.25) is 4.98 Å². The molecule has 2 heteroatoms. The molecule has 2 rings (SSSR count). The maximum atomic E-state index is 5.68. The molecule has 0 fully saturated rings. The van der Waals surface area contributed by atoms with Gasteiger partial charge in [-0.1, -0.05) is 0 Å². The maximum absolute atomic E-state index is 5.68. The van der Waals surface area contributed by atoms with Gasteiger partial charge in [-0.15, -0.1) is 0 Å². The van der Waals surface area contributed by atoms with Crippen LogP contribution in [0.3, 0.4) is 0 Å². The van der Waals surface area contributed by atoms with E-state index in [0.717, 1.165) is 0 Å². The summed E-state index contributed by atoms with van der Waals surface area (Å²) in [4.78, 5) is 4.38. The molecule has 2 N–H and O–H groups in total. The van der Waals surface area contributed by atoms with Crippen LogP contribution in [0.15, 0.2) is 6.20 Å². The minimum Gasteiger partial charge on any atom is -0.326 e. The van der Waals surface area contributed by atoms with Crippen LogP contribution < -0.4 is 5.73 Å². The summed E-state index contributed by atoms with van der Waals surface area (Å²) in [5.41, 5.74) is 11.1. The highest BCUT2D eigenvalue weighted by atomic mass is 14.7. The smallest absolute Gasteiger partial charge is 0.0407 e. The molecule has 70 valence electrons. The number of fused-ring (bicyclic) bond motifs is 1. The lowest BCUT2D eigenvalue weighted by Gasteiger charge is -2.20. The lowest BCUT2D eigenvalue weighted by molar-refractivity contribution is 0.668. The van der Waals surface area contributed by atoms with E-state index < -0.39 is 0 Å². The van der Waals surface area contributed by atoms with Gasteiger partial charge in [0.25, 0.3) is 0 Å². The van der Waals surface area contributed by atoms with Gasteiger partial charge in [-0.2, -0.15) is 0 Å². The summed E-state index contributed by atoms with van der Waals surface area (Å²) >= 11 is 0. The van der Waals surface area contributed by atoms with Crippen LogP contribution in [-0.2, 0) is 19.4 Å². The zero-order valence-corrected chi connectivity index (χ0v) is 8.14. The molecule has 0 unspecified atom stereocenters. The van der Waals surface area contributed by atoms with Crippen LogP contribution in [0.5, 0.6) is 0 Å². The van der Waals surface area contributed by atoms with Crippen molar-refractivity contribution in [2.75, 3.05) is 0 Å². The molecular formula is C11H16N2. The van der Waals surface area contributed by atoms with Crippen LogP contribution in [0, 0.1) is 6.92 Å². The quantitative estimate of drug-likeness (QED) is 0.707. The molecule has 1 aliphatic carbocycles. The Morgan fingerprint density at radius 3 is 2.69 bits per heavy atom. The van der Waals surface area contributed by atoms with Crippen LogP contribution in [0.25, 0.3) is 0 Å². The summed E-state index contributed by atoms with van der Waals surface area (Å²) in [5.74, 6) is 0. The van der Waals surface area contributed by atoms with Gasteiger partial charge in [0.1, 0.15) is 0 Å². The first-order chi connectivity index (χ1) is 6.33. The number of aromatic nitrogens is 1. The van der Waals surface area contributed by atoms with Crippen molar-refractivity contribution in [3.8, 4) is 0 Å². The molecule has 0 aliphatic heterocycles. The first-order valence-corrected chi connectivity index (χ1v) is 4.99. The molecule has 0 saturated heterocycles. The molecule has 1 heterocycles. The third kappa shape index (κ3) is 1.46. The van der Waals surface area contributed by atoms with Gasteiger partial charge in [0, 0.05) is 18.4 Å². The molecule has 0 spiro atoms. The van der Waals surface area contributed by atoms with Crippen LogP contribution >= 0.6 is 0 Å². The lowest BCUT2D eigenvalue weighted by atomic mass is 9.88. The molecule has 0 radical (unpaired) electrons. The van der Waals surface area contributed by atoms with Crippen molar-refractivity contribution < 1.29 is 0 Å². The number of nitrogens with zero attached hydrogens (tertiary/aromatic N) is 1. The first-order valence-electron chi connectivity index (χ1n) is 4.99. The fourth-order valence-corrected chi connectivity index (χ4v) is 2.17. The van der Waals surface area contributed by atoms with E-state index in [1.54, 1.807) is 0 Å². The Morgan fingerprint density at radius 1 is 1.31 bits per heavy atom. The highest BCUT2D eigenvalue weighted by molar-refractivity contribution is 5.37. The molecule has 0 amide bonds. The van der Waals surface area contributed by atoms with E-state index >= 15 is 0 Å². The summed E-state index contributed by atoms with van der Waals surface area (Å²) in [6, 6.07) is 0. The number of aryl methyl sites for hydroxylation is 1. The van der Waals surface area contributed by atoms with E-state index in [1.165, 1.54) is 48.1 Å². The lowest BCUT2D eigenvalue weighted by Crippen LogP contribution is -2.12. The largest absolute Gasteiger partial charge is 0.326 e. The number of hydrogen-bond acceptors (Lipinski definition) is 2. The normalized spacial score (nSPS) is 15.5. The van der Waals surface area contributed by atoms with Gasteiger partial charge in [-0.05, 0) is 49.3 Å². The highest BCUT2D eigenvalue weighted by Crippen LogP contribution is 2.25. The maximum Gasteiger partial charge on any atom is 0.0407 e. The van der Waals surface area contributed by atoms with E-state index in [9.17, 15) is 0 Å². The zero-order chi connectivity index (χ0) is 9.26. The number of nitrogens with two attached hydrogens (primary N) is 1. The Morgan fingerprint density at radius 2 is 2.00 bits per heavy atom. The number of hydrogen-bond donors (Lipinski definition) is 1. The zero-order valence-electron chi connectivity index (χ0n) is 8.14. The molecular weight excluding hydrogens is 160 g/mol. The fourth-order valence-electron chi connectivity index (χ4n) is 2.17. The Hall–Kier alpha value is -0.890. The summed E-state index contributed by atoms with van der Waals surface area (Å²) < 4.78 is 0. The Bertz CT molecular complexity index is 318. The molecule has 0 atom stereocenters. The van der Waals surface area contributed by atoms with Crippen molar-refractivity contribution in [3.05, 3.63) is 28.6 Å². The summed E-state index contributed by atoms with van der Waals surface area (Å²) in [6.07, 6.45) is 6.96. The molecule has 1 aliphatic rings. The average molecular weight is 176 g/mol. The van der Waals surface area contributed by atoms with Crippen molar-refractivity contribution in [2.45, 2.75) is 39.2 Å². The second-order valence-corrected chi connectivity index (χ2v) is 3.74. The second-order valence-electron chi connectivity index (χ2n) is 3.74. The van der Waals surface area contributed by atoms with Crippen molar-refractivity contribution in [3.63, 3.8) is 0 Å². The Balaban J connectivity index is 2.52. The SMILES string of the molecule is Cc1ncc(CN)c2c1CCCC2.